The number of anilines is 2. The van der Waals surface area contributed by atoms with Crippen LogP contribution in [0, 0.1) is 0 Å². The van der Waals surface area contributed by atoms with Crippen molar-refractivity contribution < 1.29 is 4.74 Å². The van der Waals surface area contributed by atoms with Gasteiger partial charge in [0.2, 0.25) is 0 Å². The van der Waals surface area contributed by atoms with Gasteiger partial charge in [0, 0.05) is 4.88 Å². The van der Waals surface area contributed by atoms with Gasteiger partial charge in [0.05, 0.1) is 23.5 Å². The summed E-state index contributed by atoms with van der Waals surface area (Å²) in [5.74, 6) is 0.742. The van der Waals surface area contributed by atoms with Crippen molar-refractivity contribution >= 4 is 22.7 Å². The van der Waals surface area contributed by atoms with Crippen LogP contribution in [0.15, 0.2) is 35.7 Å². The highest BCUT2D eigenvalue weighted by atomic mass is 32.1. The van der Waals surface area contributed by atoms with Crippen LogP contribution in [0.3, 0.4) is 0 Å². The van der Waals surface area contributed by atoms with E-state index < -0.39 is 0 Å². The predicted octanol–water partition coefficient (Wildman–Crippen LogP) is 4.68. The summed E-state index contributed by atoms with van der Waals surface area (Å²) >= 11 is 1.76. The molecule has 0 aliphatic rings. The lowest BCUT2D eigenvalue weighted by Gasteiger charge is -2.20. The molecule has 0 aliphatic carbocycles. The molecule has 2 rings (SSSR count). The average molecular weight is 290 g/mol. The SMILES string of the molecule is CCC(Nc1cccc(OC(C)C)c1N)c1cccs1. The van der Waals surface area contributed by atoms with Gasteiger partial charge in [-0.3, -0.25) is 0 Å². The number of rotatable bonds is 6. The molecular formula is C16H22N2OS. The molecule has 1 aromatic carbocycles. The maximum Gasteiger partial charge on any atom is 0.144 e. The summed E-state index contributed by atoms with van der Waals surface area (Å²) in [4.78, 5) is 1.32. The Morgan fingerprint density at radius 1 is 1.25 bits per heavy atom. The molecule has 1 atom stereocenters. The maximum absolute atomic E-state index is 6.20. The lowest BCUT2D eigenvalue weighted by Crippen LogP contribution is -2.12. The summed E-state index contributed by atoms with van der Waals surface area (Å²) in [6, 6.07) is 10.4. The molecule has 0 amide bonds. The van der Waals surface area contributed by atoms with Gasteiger partial charge in [-0.25, -0.2) is 0 Å². The van der Waals surface area contributed by atoms with Gasteiger partial charge in [-0.2, -0.15) is 0 Å². The van der Waals surface area contributed by atoms with Crippen LogP contribution in [0.1, 0.15) is 38.1 Å². The molecule has 108 valence electrons. The summed E-state index contributed by atoms with van der Waals surface area (Å²) in [5.41, 5.74) is 7.81. The van der Waals surface area contributed by atoms with Crippen molar-refractivity contribution in [1.82, 2.24) is 0 Å². The summed E-state index contributed by atoms with van der Waals surface area (Å²) < 4.78 is 5.73. The van der Waals surface area contributed by atoms with E-state index >= 15 is 0 Å². The van der Waals surface area contributed by atoms with Crippen LogP contribution in [0.2, 0.25) is 0 Å². The van der Waals surface area contributed by atoms with Gasteiger partial charge in [0.1, 0.15) is 5.75 Å². The van der Waals surface area contributed by atoms with E-state index in [-0.39, 0.29) is 12.1 Å². The van der Waals surface area contributed by atoms with Crippen molar-refractivity contribution in [2.45, 2.75) is 39.3 Å². The van der Waals surface area contributed by atoms with Gasteiger partial charge < -0.3 is 15.8 Å². The Balaban J connectivity index is 2.20. The average Bonchev–Trinajstić information content (AvgIpc) is 2.93. The molecule has 1 aromatic heterocycles. The maximum atomic E-state index is 6.20. The third-order valence-corrected chi connectivity index (χ3v) is 4.04. The molecule has 2 aromatic rings. The molecule has 0 fully saturated rings. The van der Waals surface area contributed by atoms with E-state index in [1.165, 1.54) is 4.88 Å². The fourth-order valence-corrected chi connectivity index (χ4v) is 2.94. The molecule has 0 saturated heterocycles. The molecule has 0 saturated carbocycles. The van der Waals surface area contributed by atoms with E-state index in [0.29, 0.717) is 5.69 Å². The second-order valence-electron chi connectivity index (χ2n) is 5.00. The Hall–Kier alpha value is -1.68. The van der Waals surface area contributed by atoms with Crippen molar-refractivity contribution in [3.8, 4) is 5.75 Å². The van der Waals surface area contributed by atoms with Crippen LogP contribution in [0.4, 0.5) is 11.4 Å². The molecule has 0 spiro atoms. The zero-order chi connectivity index (χ0) is 14.5. The first-order chi connectivity index (χ1) is 9.61. The smallest absolute Gasteiger partial charge is 0.144 e. The number of hydrogen-bond acceptors (Lipinski definition) is 4. The minimum absolute atomic E-state index is 0.117. The van der Waals surface area contributed by atoms with E-state index in [0.717, 1.165) is 17.9 Å². The third kappa shape index (κ3) is 3.45. The van der Waals surface area contributed by atoms with Crippen LogP contribution >= 0.6 is 11.3 Å². The van der Waals surface area contributed by atoms with Crippen LogP contribution in [-0.4, -0.2) is 6.10 Å². The second kappa shape index (κ2) is 6.66. The normalized spacial score (nSPS) is 12.4. The van der Waals surface area contributed by atoms with E-state index in [1.54, 1.807) is 11.3 Å². The number of thiophene rings is 1. The topological polar surface area (TPSA) is 47.3 Å². The number of benzene rings is 1. The Bertz CT molecular complexity index is 537. The summed E-state index contributed by atoms with van der Waals surface area (Å²) in [5, 5.41) is 5.62. The van der Waals surface area contributed by atoms with E-state index in [4.69, 9.17) is 10.5 Å². The third-order valence-electron chi connectivity index (χ3n) is 3.05. The van der Waals surface area contributed by atoms with Gasteiger partial charge in [-0.15, -0.1) is 11.3 Å². The van der Waals surface area contributed by atoms with Crippen LogP contribution in [0.5, 0.6) is 5.75 Å². The Labute approximate surface area is 124 Å². The molecule has 3 N–H and O–H groups in total. The molecule has 0 aliphatic heterocycles. The Kier molecular flexibility index (Phi) is 4.90. The summed E-state index contributed by atoms with van der Waals surface area (Å²) in [6.45, 7) is 6.17. The number of nitrogens with one attached hydrogen (secondary N) is 1. The first kappa shape index (κ1) is 14.7. The lowest BCUT2D eigenvalue weighted by atomic mass is 10.1. The minimum Gasteiger partial charge on any atom is -0.489 e. The van der Waals surface area contributed by atoms with Gasteiger partial charge in [0.15, 0.2) is 0 Å². The minimum atomic E-state index is 0.117. The quantitative estimate of drug-likeness (QED) is 0.759. The lowest BCUT2D eigenvalue weighted by molar-refractivity contribution is 0.244. The highest BCUT2D eigenvalue weighted by Gasteiger charge is 2.13. The number of ether oxygens (including phenoxy) is 1. The van der Waals surface area contributed by atoms with E-state index in [9.17, 15) is 0 Å². The monoisotopic (exact) mass is 290 g/mol. The standard InChI is InChI=1S/C16H22N2OS/c1-4-12(15-9-6-10-20-15)18-13-7-5-8-14(16(13)17)19-11(2)3/h5-12,18H,4,17H2,1-3H3. The van der Waals surface area contributed by atoms with Gasteiger partial charge in [-0.05, 0) is 43.8 Å². The first-order valence-corrected chi connectivity index (χ1v) is 7.84. The zero-order valence-corrected chi connectivity index (χ0v) is 13.0. The zero-order valence-electron chi connectivity index (χ0n) is 12.2. The fourth-order valence-electron chi connectivity index (χ4n) is 2.08. The first-order valence-electron chi connectivity index (χ1n) is 6.97. The van der Waals surface area contributed by atoms with Gasteiger partial charge >= 0.3 is 0 Å². The van der Waals surface area contributed by atoms with E-state index in [2.05, 4.69) is 29.8 Å². The molecule has 4 heteroatoms. The van der Waals surface area contributed by atoms with Crippen molar-refractivity contribution in [2.75, 3.05) is 11.1 Å². The molecule has 1 heterocycles. The molecule has 0 radical (unpaired) electrons. The summed E-state index contributed by atoms with van der Waals surface area (Å²) in [6.07, 6.45) is 1.13. The van der Waals surface area contributed by atoms with Crippen LogP contribution in [0.25, 0.3) is 0 Å². The van der Waals surface area contributed by atoms with Crippen molar-refractivity contribution in [1.29, 1.82) is 0 Å². The summed E-state index contributed by atoms with van der Waals surface area (Å²) in [7, 11) is 0. The molecular weight excluding hydrogens is 268 g/mol. The van der Waals surface area contributed by atoms with Crippen LogP contribution < -0.4 is 15.8 Å². The predicted molar refractivity (Wildman–Crippen MR) is 87.6 cm³/mol. The fraction of sp³-hybridized carbons (Fsp3) is 0.375. The second-order valence-corrected chi connectivity index (χ2v) is 5.98. The molecule has 3 nitrogen and oxygen atoms in total. The van der Waals surface area contributed by atoms with E-state index in [1.807, 2.05) is 32.0 Å². The highest BCUT2D eigenvalue weighted by Crippen LogP contribution is 2.34. The number of nitrogens with two attached hydrogens (primary N) is 1. The molecule has 20 heavy (non-hydrogen) atoms. The number of hydrogen-bond donors (Lipinski definition) is 2. The van der Waals surface area contributed by atoms with Crippen molar-refractivity contribution in [3.05, 3.63) is 40.6 Å². The highest BCUT2D eigenvalue weighted by molar-refractivity contribution is 7.10. The number of para-hydroxylation sites is 1. The molecule has 1 unspecified atom stereocenters. The van der Waals surface area contributed by atoms with Crippen LogP contribution in [-0.2, 0) is 0 Å². The Morgan fingerprint density at radius 3 is 2.65 bits per heavy atom. The van der Waals surface area contributed by atoms with Crippen molar-refractivity contribution in [3.63, 3.8) is 0 Å². The largest absolute Gasteiger partial charge is 0.489 e. The van der Waals surface area contributed by atoms with Gasteiger partial charge in [0.25, 0.3) is 0 Å². The van der Waals surface area contributed by atoms with Crippen molar-refractivity contribution in [2.24, 2.45) is 0 Å². The molecule has 0 bridgehead atoms. The number of nitrogen functional groups attached to an aromatic ring is 1. The Morgan fingerprint density at radius 2 is 2.05 bits per heavy atom. The van der Waals surface area contributed by atoms with Gasteiger partial charge in [-0.1, -0.05) is 19.1 Å².